The number of carbonyl (C=O) groups excluding carboxylic acids is 1. The molecule has 0 saturated heterocycles. The van der Waals surface area contributed by atoms with Gasteiger partial charge in [-0.05, 0) is 24.3 Å². The van der Waals surface area contributed by atoms with Crippen molar-refractivity contribution in [2.75, 3.05) is 17.4 Å². The van der Waals surface area contributed by atoms with Crippen molar-refractivity contribution in [3.8, 4) is 11.5 Å². The normalized spacial score (nSPS) is 11.6. The molecule has 0 aliphatic carbocycles. The Bertz CT molecular complexity index is 956. The summed E-state index contributed by atoms with van der Waals surface area (Å²) >= 11 is 0. The Morgan fingerprint density at radius 3 is 1.46 bits per heavy atom. The molecule has 0 fully saturated rings. The van der Waals surface area contributed by atoms with Gasteiger partial charge in [-0.15, -0.1) is 0 Å². The van der Waals surface area contributed by atoms with E-state index in [9.17, 15) is 21.6 Å². The minimum absolute atomic E-state index is 0.00465. The van der Waals surface area contributed by atoms with Gasteiger partial charge < -0.3 is 14.1 Å². The number of carbonyl (C=O) groups is 1. The highest BCUT2D eigenvalue weighted by molar-refractivity contribution is 7.86. The monoisotopic (exact) mass is 400 g/mol. The predicted molar refractivity (Wildman–Crippen MR) is 95.6 cm³/mol. The summed E-state index contributed by atoms with van der Waals surface area (Å²) in [5.74, 6) is -0.328. The molecule has 0 saturated carbocycles. The van der Waals surface area contributed by atoms with E-state index in [0.29, 0.717) is 0 Å². The second-order valence-electron chi connectivity index (χ2n) is 5.18. The fourth-order valence-electron chi connectivity index (χ4n) is 2.12. The topological polar surface area (TPSA) is 133 Å². The molecule has 26 heavy (non-hydrogen) atoms. The van der Waals surface area contributed by atoms with Gasteiger partial charge in [-0.2, -0.15) is 16.8 Å². The lowest BCUT2D eigenvalue weighted by molar-refractivity contribution is 0.256. The quantitative estimate of drug-likeness (QED) is 0.728. The second-order valence-corrected chi connectivity index (χ2v) is 8.33. The zero-order valence-corrected chi connectivity index (χ0v) is 15.5. The van der Waals surface area contributed by atoms with Crippen molar-refractivity contribution in [2.24, 2.45) is 5.73 Å². The Kier molecular flexibility index (Phi) is 5.42. The van der Waals surface area contributed by atoms with E-state index in [1.165, 1.54) is 48.5 Å². The van der Waals surface area contributed by atoms with Gasteiger partial charge in [0, 0.05) is 0 Å². The van der Waals surface area contributed by atoms with Gasteiger partial charge in [0.25, 0.3) is 0 Å². The summed E-state index contributed by atoms with van der Waals surface area (Å²) in [6.45, 7) is 0. The lowest BCUT2D eigenvalue weighted by atomic mass is 10.2. The molecular weight excluding hydrogens is 384 g/mol. The minimum atomic E-state index is -3.89. The summed E-state index contributed by atoms with van der Waals surface area (Å²) in [4.78, 5) is 13.0. The zero-order valence-electron chi connectivity index (χ0n) is 13.8. The highest BCUT2D eigenvalue weighted by Crippen LogP contribution is 2.39. The van der Waals surface area contributed by atoms with Crippen molar-refractivity contribution < 1.29 is 30.0 Å². The van der Waals surface area contributed by atoms with Crippen molar-refractivity contribution in [1.29, 1.82) is 0 Å². The summed E-state index contributed by atoms with van der Waals surface area (Å²) in [6.07, 6.45) is 1.69. The number of primary amides is 1. The van der Waals surface area contributed by atoms with Crippen LogP contribution in [-0.2, 0) is 20.2 Å². The van der Waals surface area contributed by atoms with Gasteiger partial charge in [-0.3, -0.25) is 4.90 Å². The third-order valence-corrected chi connectivity index (χ3v) is 3.88. The van der Waals surface area contributed by atoms with Crippen molar-refractivity contribution >= 4 is 37.6 Å². The highest BCUT2D eigenvalue weighted by Gasteiger charge is 2.25. The Hall–Kier alpha value is -2.79. The second kappa shape index (κ2) is 7.22. The number of rotatable bonds is 6. The Balaban J connectivity index is 2.65. The first-order chi connectivity index (χ1) is 12.0. The fourth-order valence-corrected chi connectivity index (χ4v) is 3.05. The van der Waals surface area contributed by atoms with E-state index < -0.39 is 26.3 Å². The van der Waals surface area contributed by atoms with E-state index in [2.05, 4.69) is 0 Å². The van der Waals surface area contributed by atoms with E-state index in [-0.39, 0.29) is 22.9 Å². The average molecular weight is 400 g/mol. The molecule has 0 aromatic heterocycles. The van der Waals surface area contributed by atoms with E-state index in [4.69, 9.17) is 14.1 Å². The van der Waals surface area contributed by atoms with Crippen LogP contribution in [0.4, 0.5) is 16.2 Å². The van der Waals surface area contributed by atoms with Crippen LogP contribution < -0.4 is 19.0 Å². The van der Waals surface area contributed by atoms with E-state index in [1.807, 2.05) is 0 Å². The largest absolute Gasteiger partial charge is 0.380 e. The molecule has 2 aromatic carbocycles. The van der Waals surface area contributed by atoms with E-state index >= 15 is 0 Å². The number of para-hydroxylation sites is 4. The van der Waals surface area contributed by atoms with Gasteiger partial charge in [0.05, 0.1) is 23.9 Å². The van der Waals surface area contributed by atoms with Crippen molar-refractivity contribution in [1.82, 2.24) is 0 Å². The molecular formula is C15H16N2O7S2. The van der Waals surface area contributed by atoms with Crippen LogP contribution in [0.1, 0.15) is 0 Å². The minimum Gasteiger partial charge on any atom is -0.380 e. The molecule has 9 nitrogen and oxygen atoms in total. The van der Waals surface area contributed by atoms with E-state index in [1.54, 1.807) is 0 Å². The number of urea groups is 1. The highest BCUT2D eigenvalue weighted by atomic mass is 32.2. The summed E-state index contributed by atoms with van der Waals surface area (Å²) in [7, 11) is -7.77. The molecule has 2 rings (SSSR count). The standard InChI is InChI=1S/C15H16N2O7S2/c1-25(19,20)23-13-9-5-3-7-11(13)17(15(16)18)12-8-4-6-10-14(12)24-26(2,21)22/h3-10H,1-2H3,(H2,16,18). The van der Waals surface area contributed by atoms with Gasteiger partial charge in [-0.25, -0.2) is 4.79 Å². The molecule has 0 aliphatic heterocycles. The van der Waals surface area contributed by atoms with Gasteiger partial charge in [0.2, 0.25) is 0 Å². The molecule has 0 heterocycles. The molecule has 2 aromatic rings. The summed E-state index contributed by atoms with van der Waals surface area (Å²) < 4.78 is 55.7. The number of benzene rings is 2. The molecule has 0 spiro atoms. The number of anilines is 2. The van der Waals surface area contributed by atoms with Crippen LogP contribution in [0.5, 0.6) is 11.5 Å². The smallest absolute Gasteiger partial charge is 0.324 e. The maximum atomic E-state index is 12.1. The number of hydrogen-bond acceptors (Lipinski definition) is 7. The Morgan fingerprint density at radius 1 is 0.808 bits per heavy atom. The molecule has 0 aliphatic rings. The molecule has 2 N–H and O–H groups in total. The van der Waals surface area contributed by atoms with E-state index in [0.717, 1.165) is 17.4 Å². The van der Waals surface area contributed by atoms with Gasteiger partial charge in [-0.1, -0.05) is 24.3 Å². The number of nitrogens with zero attached hydrogens (tertiary/aromatic N) is 1. The van der Waals surface area contributed by atoms with Crippen molar-refractivity contribution in [3.63, 3.8) is 0 Å². The van der Waals surface area contributed by atoms with Gasteiger partial charge in [0.15, 0.2) is 11.5 Å². The van der Waals surface area contributed by atoms with Gasteiger partial charge >= 0.3 is 26.3 Å². The first-order valence-electron chi connectivity index (χ1n) is 7.04. The Morgan fingerprint density at radius 2 is 1.15 bits per heavy atom. The van der Waals surface area contributed by atoms with Crippen LogP contribution in [0.15, 0.2) is 48.5 Å². The molecule has 0 unspecified atom stereocenters. The first kappa shape index (κ1) is 19.5. The number of nitrogens with two attached hydrogens (primary N) is 1. The van der Waals surface area contributed by atoms with Crippen LogP contribution in [0, 0.1) is 0 Å². The molecule has 2 amide bonds. The SMILES string of the molecule is CS(=O)(=O)Oc1ccccc1N(C(N)=O)c1ccccc1OS(C)(=O)=O. The molecule has 140 valence electrons. The maximum absolute atomic E-state index is 12.1. The predicted octanol–water partition coefficient (Wildman–Crippen LogP) is 1.58. The Labute approximate surface area is 151 Å². The number of hydrogen-bond donors (Lipinski definition) is 1. The van der Waals surface area contributed by atoms with Crippen LogP contribution in [-0.4, -0.2) is 35.4 Å². The lowest BCUT2D eigenvalue weighted by Gasteiger charge is -2.24. The zero-order chi connectivity index (χ0) is 19.5. The maximum Gasteiger partial charge on any atom is 0.324 e. The third-order valence-electron chi connectivity index (χ3n) is 2.92. The molecule has 11 heteroatoms. The summed E-state index contributed by atoms with van der Waals surface area (Å²) in [5.41, 5.74) is 5.43. The lowest BCUT2D eigenvalue weighted by Crippen LogP contribution is -2.32. The molecule has 0 bridgehead atoms. The van der Waals surface area contributed by atoms with Crippen LogP contribution in [0.3, 0.4) is 0 Å². The first-order valence-corrected chi connectivity index (χ1v) is 10.7. The van der Waals surface area contributed by atoms with Crippen molar-refractivity contribution in [3.05, 3.63) is 48.5 Å². The fraction of sp³-hybridized carbons (Fsp3) is 0.133. The van der Waals surface area contributed by atoms with Gasteiger partial charge in [0.1, 0.15) is 0 Å². The summed E-state index contributed by atoms with van der Waals surface area (Å²) in [5, 5.41) is 0. The molecule has 0 atom stereocenters. The third kappa shape index (κ3) is 5.10. The summed E-state index contributed by atoms with van der Waals surface area (Å²) in [6, 6.07) is 10.5. The average Bonchev–Trinajstić information content (AvgIpc) is 2.47. The number of amides is 2. The van der Waals surface area contributed by atoms with Crippen molar-refractivity contribution in [2.45, 2.75) is 0 Å². The van der Waals surface area contributed by atoms with Crippen LogP contribution in [0.25, 0.3) is 0 Å². The molecule has 0 radical (unpaired) electrons. The van der Waals surface area contributed by atoms with Crippen LogP contribution in [0.2, 0.25) is 0 Å². The van der Waals surface area contributed by atoms with Crippen LogP contribution >= 0.6 is 0 Å².